The molecular weight excluding hydrogens is 325 g/mol. The van der Waals surface area contributed by atoms with E-state index in [9.17, 15) is 0 Å². The van der Waals surface area contributed by atoms with E-state index in [0.717, 1.165) is 8.19 Å². The van der Waals surface area contributed by atoms with Gasteiger partial charge in [0.2, 0.25) is 0 Å². The van der Waals surface area contributed by atoms with E-state index < -0.39 is 0 Å². The Bertz CT molecular complexity index is 270. The first-order valence-electron chi connectivity index (χ1n) is 3.99. The van der Waals surface area contributed by atoms with E-state index in [0.29, 0.717) is 0 Å². The monoisotopic (exact) mass is 336 g/mol. The van der Waals surface area contributed by atoms with Crippen LogP contribution in [0, 0.1) is 19.6 Å². The van der Waals surface area contributed by atoms with E-state index in [4.69, 9.17) is 0 Å². The van der Waals surface area contributed by atoms with Crippen molar-refractivity contribution < 1.29 is 51.0 Å². The van der Waals surface area contributed by atoms with Crippen LogP contribution in [0.3, 0.4) is 0 Å². The van der Waals surface area contributed by atoms with Gasteiger partial charge < -0.3 is 24.8 Å². The molecule has 0 amide bonds. The first kappa shape index (κ1) is 20.9. The summed E-state index contributed by atoms with van der Waals surface area (Å²) in [7, 11) is 0.820. The molecule has 80 valence electrons. The van der Waals surface area contributed by atoms with Crippen molar-refractivity contribution in [3.8, 4) is 0 Å². The van der Waals surface area contributed by atoms with Crippen LogP contribution in [0.1, 0.15) is 11.1 Å². The van der Waals surface area contributed by atoms with Crippen molar-refractivity contribution in [2.45, 2.75) is 13.8 Å². The maximum atomic E-state index is 3.22. The van der Waals surface area contributed by atoms with Gasteiger partial charge in [0.25, 0.3) is 0 Å². The van der Waals surface area contributed by atoms with Crippen molar-refractivity contribution in [2.24, 2.45) is 0 Å². The van der Waals surface area contributed by atoms with Crippen molar-refractivity contribution in [1.82, 2.24) is 0 Å². The molecule has 4 heteroatoms. The molecule has 1 atom stereocenters. The van der Waals surface area contributed by atoms with Gasteiger partial charge in [0.15, 0.2) is 0 Å². The summed E-state index contributed by atoms with van der Waals surface area (Å²) in [4.78, 5) is 0. The predicted molar refractivity (Wildman–Crippen MR) is 56.3 cm³/mol. The minimum Gasteiger partial charge on any atom is -1.00 e. The molecule has 15 heavy (non-hydrogen) atoms. The molecule has 0 aliphatic heterocycles. The van der Waals surface area contributed by atoms with Crippen molar-refractivity contribution >= 4 is 8.19 Å². The maximum absolute atomic E-state index is 3.22. The second kappa shape index (κ2) is 12.7. The van der Waals surface area contributed by atoms with Crippen LogP contribution >= 0.6 is 8.19 Å². The maximum Gasteiger partial charge on any atom is 4.00 e. The Hall–Kier alpha value is 0.593. The van der Waals surface area contributed by atoms with Crippen molar-refractivity contribution in [1.29, 1.82) is 0 Å². The average molecular weight is 338 g/mol. The Morgan fingerprint density at radius 3 is 1.80 bits per heavy atom. The Balaban J connectivity index is -0.000000165. The summed E-state index contributed by atoms with van der Waals surface area (Å²) in [5.41, 5.74) is 2.73. The van der Waals surface area contributed by atoms with Gasteiger partial charge in [-0.3, -0.25) is 8.19 Å². The van der Waals surface area contributed by atoms with Gasteiger partial charge in [0, 0.05) is 0 Å². The fraction of sp³-hybridized carbons (Fsp3) is 0.182. The smallest absolute Gasteiger partial charge is 1.00 e. The van der Waals surface area contributed by atoms with Crippen molar-refractivity contribution in [3.05, 3.63) is 53.1 Å². The second-order valence-electron chi connectivity index (χ2n) is 2.68. The van der Waals surface area contributed by atoms with Crippen molar-refractivity contribution in [2.75, 3.05) is 0 Å². The molecule has 1 heterocycles. The van der Waals surface area contributed by atoms with E-state index in [2.05, 4.69) is 25.4 Å². The van der Waals surface area contributed by atoms with Gasteiger partial charge in [-0.25, -0.2) is 12.1 Å². The van der Waals surface area contributed by atoms with Gasteiger partial charge in [-0.05, 0) is 0 Å². The Morgan fingerprint density at radius 1 is 1.13 bits per heavy atom. The molecule has 1 aromatic heterocycles. The summed E-state index contributed by atoms with van der Waals surface area (Å²) in [6.45, 7) is 4.23. The van der Waals surface area contributed by atoms with Gasteiger partial charge in [-0.15, -0.1) is 0 Å². The van der Waals surface area contributed by atoms with Crippen LogP contribution in [-0.2, 0) is 26.2 Å². The number of aryl methyl sites for hydroxylation is 2. The average Bonchev–Trinajstić information content (AvgIpc) is 2.67. The zero-order valence-corrected chi connectivity index (χ0v) is 13.7. The number of rotatable bonds is 0. The largest absolute Gasteiger partial charge is 4.00 e. The Labute approximate surface area is 125 Å². The first-order valence-corrected chi connectivity index (χ1v) is 5.07. The molecule has 0 aliphatic carbocycles. The molecule has 0 nitrogen and oxygen atoms in total. The molecule has 0 aliphatic rings. The molecule has 1 aromatic carbocycles. The van der Waals surface area contributed by atoms with Gasteiger partial charge in [-0.2, -0.15) is 40.9 Å². The summed E-state index contributed by atoms with van der Waals surface area (Å²) in [6.07, 6.45) is 0. The summed E-state index contributed by atoms with van der Waals surface area (Å²) >= 11 is 0. The van der Waals surface area contributed by atoms with E-state index in [1.807, 2.05) is 30.3 Å². The van der Waals surface area contributed by atoms with Gasteiger partial charge >= 0.3 is 26.2 Å². The van der Waals surface area contributed by atoms with Gasteiger partial charge in [0.1, 0.15) is 0 Å². The quantitative estimate of drug-likeness (QED) is 0.468. The van der Waals surface area contributed by atoms with Crippen LogP contribution in [-0.4, -0.2) is 0 Å². The minimum atomic E-state index is 0. The third-order valence-electron chi connectivity index (χ3n) is 1.70. The topological polar surface area (TPSA) is 0 Å². The molecule has 0 bridgehead atoms. The molecule has 0 saturated carbocycles. The number of hydrogen-bond acceptors (Lipinski definition) is 0. The molecule has 0 radical (unpaired) electrons. The molecule has 0 spiro atoms. The number of hydrogen-bond donors (Lipinski definition) is 0. The number of halogens is 2. The summed E-state index contributed by atoms with van der Waals surface area (Å²) in [5.74, 6) is 5.44. The molecule has 2 aromatic rings. The van der Waals surface area contributed by atoms with Gasteiger partial charge in [0.05, 0.1) is 0 Å². The summed E-state index contributed by atoms with van der Waals surface area (Å²) in [5, 5.41) is 0. The summed E-state index contributed by atoms with van der Waals surface area (Å²) in [6, 6.07) is 10.0. The SMILES string of the molecule is Cc1[c-][pH]cc1C.[Cl-].[Cl-].[Zr+4].c1cc[cH-]c1. The zero-order chi connectivity index (χ0) is 8.81. The van der Waals surface area contributed by atoms with Crippen molar-refractivity contribution in [3.63, 3.8) is 0 Å². The van der Waals surface area contributed by atoms with Crippen LogP contribution in [0.5, 0.6) is 0 Å². The Morgan fingerprint density at radius 2 is 1.67 bits per heavy atom. The Kier molecular flexibility index (Phi) is 17.7. The van der Waals surface area contributed by atoms with E-state index in [1.54, 1.807) is 0 Å². The van der Waals surface area contributed by atoms with E-state index in [1.165, 1.54) is 11.1 Å². The van der Waals surface area contributed by atoms with Crippen LogP contribution in [0.25, 0.3) is 0 Å². The standard InChI is InChI=1S/C6H8P.C5H5.2ClH.Zr/c1-5-3-7-4-6(5)2;1-2-4-5-3-1;;;/h3,7H,1-2H3;1-5H;2*1H;/q2*-1;;;+4/p-2. The fourth-order valence-electron chi connectivity index (χ4n) is 0.780. The van der Waals surface area contributed by atoms with Gasteiger partial charge in [-0.1, -0.05) is 13.8 Å². The predicted octanol–water partition coefficient (Wildman–Crippen LogP) is -2.45. The molecule has 1 unspecified atom stereocenters. The zero-order valence-electron chi connectivity index (χ0n) is 8.72. The summed E-state index contributed by atoms with van der Waals surface area (Å²) < 4.78 is 0. The normalized spacial score (nSPS) is 7.60. The van der Waals surface area contributed by atoms with E-state index in [-0.39, 0.29) is 51.0 Å². The molecule has 2 rings (SSSR count). The minimum absolute atomic E-state index is 0. The van der Waals surface area contributed by atoms with Crippen LogP contribution in [0.2, 0.25) is 0 Å². The first-order chi connectivity index (χ1) is 5.80. The second-order valence-corrected chi connectivity index (χ2v) is 3.51. The molecule has 0 saturated heterocycles. The van der Waals surface area contributed by atoms with E-state index >= 15 is 0 Å². The van der Waals surface area contributed by atoms with Crippen LogP contribution < -0.4 is 24.8 Å². The third kappa shape index (κ3) is 9.52. The molecular formula is C11H13Cl2PZr. The van der Waals surface area contributed by atoms with Crippen LogP contribution in [0.15, 0.2) is 36.1 Å². The fourth-order valence-corrected chi connectivity index (χ4v) is 1.70. The molecule has 0 N–H and O–H groups in total. The third-order valence-corrected chi connectivity index (χ3v) is 2.79. The molecule has 0 fully saturated rings. The van der Waals surface area contributed by atoms with Crippen LogP contribution in [0.4, 0.5) is 0 Å².